The van der Waals surface area contributed by atoms with E-state index in [4.69, 9.17) is 9.47 Å². The van der Waals surface area contributed by atoms with Crippen LogP contribution in [0.3, 0.4) is 0 Å². The summed E-state index contributed by atoms with van der Waals surface area (Å²) in [5.74, 6) is 0.696. The van der Waals surface area contributed by atoms with Crippen LogP contribution in [0, 0.1) is 5.92 Å². The van der Waals surface area contributed by atoms with Crippen LogP contribution < -0.4 is 5.32 Å². The lowest BCUT2D eigenvalue weighted by Gasteiger charge is -2.34. The predicted octanol–water partition coefficient (Wildman–Crippen LogP) is 1.11. The van der Waals surface area contributed by atoms with E-state index in [1.807, 2.05) is 6.92 Å². The molecule has 1 rings (SSSR count). The zero-order valence-electron chi connectivity index (χ0n) is 14.2. The van der Waals surface area contributed by atoms with Crippen molar-refractivity contribution in [3.63, 3.8) is 0 Å². The lowest BCUT2D eigenvalue weighted by Crippen LogP contribution is -2.45. The third-order valence-corrected chi connectivity index (χ3v) is 4.04. The van der Waals surface area contributed by atoms with Crippen molar-refractivity contribution >= 4 is 0 Å². The summed E-state index contributed by atoms with van der Waals surface area (Å²) >= 11 is 0. The van der Waals surface area contributed by atoms with Crippen LogP contribution in [0.2, 0.25) is 0 Å². The van der Waals surface area contributed by atoms with Crippen molar-refractivity contribution in [2.75, 3.05) is 46.5 Å². The molecule has 0 saturated carbocycles. The lowest BCUT2D eigenvalue weighted by molar-refractivity contribution is -0.0432. The predicted molar refractivity (Wildman–Crippen MR) is 85.6 cm³/mol. The van der Waals surface area contributed by atoms with Crippen molar-refractivity contribution in [2.45, 2.75) is 51.9 Å². The molecule has 0 bridgehead atoms. The van der Waals surface area contributed by atoms with Crippen molar-refractivity contribution < 1.29 is 14.6 Å². The van der Waals surface area contributed by atoms with E-state index >= 15 is 0 Å². The van der Waals surface area contributed by atoms with Gasteiger partial charge >= 0.3 is 0 Å². The molecule has 0 radical (unpaired) electrons. The Labute approximate surface area is 130 Å². The van der Waals surface area contributed by atoms with Gasteiger partial charge in [-0.25, -0.2) is 0 Å². The Morgan fingerprint density at radius 2 is 2.05 bits per heavy atom. The zero-order chi connectivity index (χ0) is 15.7. The molecule has 0 aromatic heterocycles. The van der Waals surface area contributed by atoms with E-state index < -0.39 is 6.10 Å². The molecule has 5 heteroatoms. The highest BCUT2D eigenvalue weighted by Gasteiger charge is 2.21. The number of nitrogens with one attached hydrogen (secondary N) is 1. The van der Waals surface area contributed by atoms with E-state index in [0.717, 1.165) is 19.6 Å². The minimum absolute atomic E-state index is 0.0275. The summed E-state index contributed by atoms with van der Waals surface area (Å²) in [5.41, 5.74) is 0. The van der Waals surface area contributed by atoms with Crippen LogP contribution in [-0.2, 0) is 9.47 Å². The fraction of sp³-hybridized carbons (Fsp3) is 1.00. The van der Waals surface area contributed by atoms with Crippen LogP contribution in [0.1, 0.15) is 33.6 Å². The molecular weight excluding hydrogens is 268 g/mol. The van der Waals surface area contributed by atoms with Gasteiger partial charge in [0, 0.05) is 26.2 Å². The molecule has 3 atom stereocenters. The first-order valence-electron chi connectivity index (χ1n) is 8.26. The highest BCUT2D eigenvalue weighted by Crippen LogP contribution is 2.14. The molecule has 0 aromatic rings. The van der Waals surface area contributed by atoms with Gasteiger partial charge in [0.25, 0.3) is 0 Å². The Bertz CT molecular complexity index is 258. The molecule has 0 aliphatic carbocycles. The molecule has 21 heavy (non-hydrogen) atoms. The second-order valence-corrected chi connectivity index (χ2v) is 6.51. The zero-order valence-corrected chi connectivity index (χ0v) is 14.2. The molecule has 1 fully saturated rings. The van der Waals surface area contributed by atoms with Gasteiger partial charge < -0.3 is 19.9 Å². The van der Waals surface area contributed by atoms with Crippen LogP contribution in [0.15, 0.2) is 0 Å². The summed E-state index contributed by atoms with van der Waals surface area (Å²) in [6.45, 7) is 11.2. The maximum Gasteiger partial charge on any atom is 0.0900 e. The summed E-state index contributed by atoms with van der Waals surface area (Å²) in [4.78, 5) is 2.37. The first-order valence-corrected chi connectivity index (χ1v) is 8.26. The molecule has 1 saturated heterocycles. The summed E-state index contributed by atoms with van der Waals surface area (Å²) in [6.07, 6.45) is 2.13. The number of methoxy groups -OCH3 is 1. The van der Waals surface area contributed by atoms with Crippen LogP contribution >= 0.6 is 0 Å². The molecule has 5 nitrogen and oxygen atoms in total. The van der Waals surface area contributed by atoms with Gasteiger partial charge in [-0.15, -0.1) is 0 Å². The number of hydrogen-bond donors (Lipinski definition) is 2. The lowest BCUT2D eigenvalue weighted by atomic mass is 9.98. The van der Waals surface area contributed by atoms with Gasteiger partial charge in [0.05, 0.1) is 25.4 Å². The topological polar surface area (TPSA) is 54.0 Å². The first kappa shape index (κ1) is 18.8. The number of aliphatic hydroxyl groups is 1. The Hall–Kier alpha value is -0.200. The highest BCUT2D eigenvalue weighted by atomic mass is 16.5. The molecule has 3 unspecified atom stereocenters. The molecule has 0 spiro atoms. The van der Waals surface area contributed by atoms with Crippen LogP contribution in [-0.4, -0.2) is 74.8 Å². The maximum absolute atomic E-state index is 10.2. The number of piperidine rings is 1. The minimum atomic E-state index is -0.441. The van der Waals surface area contributed by atoms with Gasteiger partial charge in [-0.3, -0.25) is 4.90 Å². The largest absolute Gasteiger partial charge is 0.389 e. The van der Waals surface area contributed by atoms with Gasteiger partial charge in [-0.2, -0.15) is 0 Å². The third-order valence-electron chi connectivity index (χ3n) is 4.04. The number of aliphatic hydroxyl groups excluding tert-OH is 1. The van der Waals surface area contributed by atoms with Crippen LogP contribution in [0.25, 0.3) is 0 Å². The molecule has 2 N–H and O–H groups in total. The van der Waals surface area contributed by atoms with E-state index in [1.165, 1.54) is 12.8 Å². The molecular formula is C16H34N2O3. The number of rotatable bonds is 10. The molecule has 1 aliphatic rings. The fourth-order valence-electron chi connectivity index (χ4n) is 2.79. The van der Waals surface area contributed by atoms with E-state index in [2.05, 4.69) is 24.1 Å². The number of ether oxygens (including phenoxy) is 2. The van der Waals surface area contributed by atoms with E-state index in [1.54, 1.807) is 7.11 Å². The molecule has 0 aromatic carbocycles. The van der Waals surface area contributed by atoms with Gasteiger partial charge in [0.2, 0.25) is 0 Å². The second-order valence-electron chi connectivity index (χ2n) is 6.51. The van der Waals surface area contributed by atoms with Gasteiger partial charge in [-0.1, -0.05) is 0 Å². The monoisotopic (exact) mass is 302 g/mol. The average Bonchev–Trinajstić information content (AvgIpc) is 2.46. The Morgan fingerprint density at radius 3 is 2.62 bits per heavy atom. The van der Waals surface area contributed by atoms with E-state index in [-0.39, 0.29) is 6.10 Å². The van der Waals surface area contributed by atoms with Crippen molar-refractivity contribution in [3.05, 3.63) is 0 Å². The van der Waals surface area contributed by atoms with Crippen molar-refractivity contribution in [2.24, 2.45) is 5.92 Å². The van der Waals surface area contributed by atoms with Crippen LogP contribution in [0.5, 0.6) is 0 Å². The quantitative estimate of drug-likeness (QED) is 0.633. The third kappa shape index (κ3) is 8.12. The summed E-state index contributed by atoms with van der Waals surface area (Å²) < 4.78 is 10.6. The second kappa shape index (κ2) is 10.5. The van der Waals surface area contributed by atoms with E-state index in [9.17, 15) is 5.11 Å². The number of nitrogens with zero attached hydrogens (tertiary/aromatic N) is 1. The van der Waals surface area contributed by atoms with Gasteiger partial charge in [0.1, 0.15) is 0 Å². The fourth-order valence-corrected chi connectivity index (χ4v) is 2.79. The number of hydrogen-bond acceptors (Lipinski definition) is 5. The smallest absolute Gasteiger partial charge is 0.0900 e. The minimum Gasteiger partial charge on any atom is -0.389 e. The van der Waals surface area contributed by atoms with Gasteiger partial charge in [-0.05, 0) is 52.6 Å². The van der Waals surface area contributed by atoms with Crippen molar-refractivity contribution in [1.82, 2.24) is 10.2 Å². The highest BCUT2D eigenvalue weighted by molar-refractivity contribution is 4.76. The summed E-state index contributed by atoms with van der Waals surface area (Å²) in [6, 6.07) is 0.443. The maximum atomic E-state index is 10.2. The van der Waals surface area contributed by atoms with Gasteiger partial charge in [0.15, 0.2) is 0 Å². The Balaban J connectivity index is 2.31. The van der Waals surface area contributed by atoms with Crippen molar-refractivity contribution in [3.8, 4) is 0 Å². The van der Waals surface area contributed by atoms with E-state index in [0.29, 0.717) is 31.7 Å². The SMILES string of the molecule is COCC(C)OCC(O)CN(CC1CCCNC1)C(C)C. The normalized spacial score (nSPS) is 22.7. The Morgan fingerprint density at radius 1 is 1.29 bits per heavy atom. The molecule has 126 valence electrons. The molecule has 0 amide bonds. The Kier molecular flexibility index (Phi) is 9.44. The first-order chi connectivity index (χ1) is 10.0. The summed E-state index contributed by atoms with van der Waals surface area (Å²) in [7, 11) is 1.66. The standard InChI is InChI=1S/C16H34N2O3/c1-13(2)18(9-15-6-5-7-17-8-15)10-16(19)12-21-14(3)11-20-4/h13-17,19H,5-12H2,1-4H3. The van der Waals surface area contributed by atoms with Crippen molar-refractivity contribution in [1.29, 1.82) is 0 Å². The van der Waals surface area contributed by atoms with Crippen LogP contribution in [0.4, 0.5) is 0 Å². The molecule has 1 heterocycles. The molecule has 1 aliphatic heterocycles. The average molecular weight is 302 g/mol. The summed E-state index contributed by atoms with van der Waals surface area (Å²) in [5, 5.41) is 13.7.